The average Bonchev–Trinajstić information content (AvgIpc) is 2.35. The summed E-state index contributed by atoms with van der Waals surface area (Å²) in [6.45, 7) is 4.66. The predicted molar refractivity (Wildman–Crippen MR) is 75.7 cm³/mol. The van der Waals surface area contributed by atoms with Crippen LogP contribution in [0, 0.1) is 0 Å². The molecule has 0 aromatic heterocycles. The molecule has 0 atom stereocenters. The van der Waals surface area contributed by atoms with Crippen LogP contribution in [0.3, 0.4) is 0 Å². The number of likely N-dealkylation sites (N-methyl/N-ethyl adjacent to an activating group) is 1. The number of nitrogens with one attached hydrogen (secondary N) is 1. The van der Waals surface area contributed by atoms with Gasteiger partial charge in [0.25, 0.3) is 0 Å². The van der Waals surface area contributed by atoms with Crippen LogP contribution in [-0.2, 0) is 0 Å². The van der Waals surface area contributed by atoms with Crippen molar-refractivity contribution >= 4 is 26.7 Å². The van der Waals surface area contributed by atoms with E-state index in [1.807, 2.05) is 12.1 Å². The summed E-state index contributed by atoms with van der Waals surface area (Å²) in [6.07, 6.45) is 0. The maximum atomic E-state index is 5.67. The second-order valence-corrected chi connectivity index (χ2v) is 4.77. The van der Waals surface area contributed by atoms with Gasteiger partial charge in [0.15, 0.2) is 0 Å². The number of ether oxygens (including phenoxy) is 1. The molecule has 0 saturated carbocycles. The number of fused-ring (bicyclic) bond motifs is 1. The Labute approximate surface area is 110 Å². The van der Waals surface area contributed by atoms with Crippen molar-refractivity contribution < 1.29 is 4.74 Å². The zero-order valence-corrected chi connectivity index (χ0v) is 11.5. The van der Waals surface area contributed by atoms with Crippen LogP contribution in [0.4, 0.5) is 0 Å². The van der Waals surface area contributed by atoms with Crippen LogP contribution in [0.2, 0.25) is 0 Å². The molecule has 2 aromatic rings. The lowest BCUT2D eigenvalue weighted by molar-refractivity contribution is 0.316. The quantitative estimate of drug-likeness (QED) is 0.851. The smallest absolute Gasteiger partial charge is 0.120 e. The molecule has 0 bridgehead atoms. The van der Waals surface area contributed by atoms with Gasteiger partial charge >= 0.3 is 0 Å². The van der Waals surface area contributed by atoms with E-state index >= 15 is 0 Å². The van der Waals surface area contributed by atoms with E-state index in [1.165, 1.54) is 10.8 Å². The molecule has 2 aromatic carbocycles. The van der Waals surface area contributed by atoms with Crippen molar-refractivity contribution in [3.8, 4) is 5.75 Å². The molecule has 2 rings (SSSR count). The molecule has 0 spiro atoms. The molecule has 17 heavy (non-hydrogen) atoms. The summed E-state index contributed by atoms with van der Waals surface area (Å²) in [7, 11) is 0. The molecule has 90 valence electrons. The minimum absolute atomic E-state index is 0.704. The molecule has 2 nitrogen and oxygen atoms in total. The minimum atomic E-state index is 0.704. The summed E-state index contributed by atoms with van der Waals surface area (Å²) in [5.41, 5.74) is 0. The lowest BCUT2D eigenvalue weighted by atomic mass is 10.1. The Balaban J connectivity index is 2.07. The first-order valence-corrected chi connectivity index (χ1v) is 6.62. The van der Waals surface area contributed by atoms with Gasteiger partial charge in [0.1, 0.15) is 12.4 Å². The van der Waals surface area contributed by atoms with Gasteiger partial charge in [0, 0.05) is 11.0 Å². The number of halogens is 1. The summed E-state index contributed by atoms with van der Waals surface area (Å²) >= 11 is 3.47. The fraction of sp³-hybridized carbons (Fsp3) is 0.286. The molecular formula is C14H16BrNO. The highest BCUT2D eigenvalue weighted by molar-refractivity contribution is 9.10. The molecule has 0 saturated heterocycles. The van der Waals surface area contributed by atoms with Gasteiger partial charge in [-0.05, 0) is 41.6 Å². The molecule has 3 heteroatoms. The molecular weight excluding hydrogens is 278 g/mol. The van der Waals surface area contributed by atoms with E-state index < -0.39 is 0 Å². The molecule has 0 unspecified atom stereocenters. The van der Waals surface area contributed by atoms with Crippen molar-refractivity contribution in [1.29, 1.82) is 0 Å². The Bertz CT molecular complexity index is 499. The fourth-order valence-electron chi connectivity index (χ4n) is 1.70. The Morgan fingerprint density at radius 2 is 1.88 bits per heavy atom. The van der Waals surface area contributed by atoms with Gasteiger partial charge in [0.05, 0.1) is 0 Å². The van der Waals surface area contributed by atoms with Crippen molar-refractivity contribution in [3.05, 3.63) is 40.9 Å². The molecule has 0 aliphatic heterocycles. The van der Waals surface area contributed by atoms with Crippen molar-refractivity contribution in [3.63, 3.8) is 0 Å². The van der Waals surface area contributed by atoms with Crippen LogP contribution >= 0.6 is 15.9 Å². The third-order valence-corrected chi connectivity index (χ3v) is 3.06. The van der Waals surface area contributed by atoms with Gasteiger partial charge < -0.3 is 10.1 Å². The van der Waals surface area contributed by atoms with Crippen LogP contribution in [0.1, 0.15) is 6.92 Å². The van der Waals surface area contributed by atoms with E-state index in [0.29, 0.717) is 6.61 Å². The van der Waals surface area contributed by atoms with E-state index in [1.54, 1.807) is 0 Å². The minimum Gasteiger partial charge on any atom is -0.492 e. The third kappa shape index (κ3) is 3.45. The molecule has 0 aliphatic carbocycles. The normalized spacial score (nSPS) is 10.7. The SMILES string of the molecule is CCNCCOc1ccc2cc(Br)ccc2c1. The molecule has 0 heterocycles. The highest BCUT2D eigenvalue weighted by Gasteiger charge is 1.98. The lowest BCUT2D eigenvalue weighted by Gasteiger charge is -2.07. The van der Waals surface area contributed by atoms with Gasteiger partial charge in [-0.25, -0.2) is 0 Å². The van der Waals surface area contributed by atoms with E-state index in [4.69, 9.17) is 4.74 Å². The molecule has 0 amide bonds. The van der Waals surface area contributed by atoms with Crippen LogP contribution in [-0.4, -0.2) is 19.7 Å². The summed E-state index contributed by atoms with van der Waals surface area (Å²) in [4.78, 5) is 0. The van der Waals surface area contributed by atoms with Crippen LogP contribution in [0.25, 0.3) is 10.8 Å². The maximum Gasteiger partial charge on any atom is 0.120 e. The standard InChI is InChI=1S/C14H16BrNO/c1-2-16-7-8-17-14-6-4-11-9-13(15)5-3-12(11)10-14/h3-6,9-10,16H,2,7-8H2,1H3. The van der Waals surface area contributed by atoms with Gasteiger partial charge in [0.2, 0.25) is 0 Å². The molecule has 1 N–H and O–H groups in total. The zero-order valence-electron chi connectivity index (χ0n) is 9.87. The van der Waals surface area contributed by atoms with E-state index in [2.05, 4.69) is 52.4 Å². The van der Waals surface area contributed by atoms with Crippen LogP contribution in [0.15, 0.2) is 40.9 Å². The van der Waals surface area contributed by atoms with Crippen LogP contribution in [0.5, 0.6) is 5.75 Å². The van der Waals surface area contributed by atoms with Gasteiger partial charge in [-0.1, -0.05) is 35.0 Å². The first kappa shape index (κ1) is 12.4. The second-order valence-electron chi connectivity index (χ2n) is 3.86. The average molecular weight is 294 g/mol. The summed E-state index contributed by atoms with van der Waals surface area (Å²) in [6, 6.07) is 12.4. The summed E-state index contributed by atoms with van der Waals surface area (Å²) < 4.78 is 6.77. The third-order valence-electron chi connectivity index (χ3n) is 2.57. The summed E-state index contributed by atoms with van der Waals surface area (Å²) in [5, 5.41) is 5.66. The van der Waals surface area contributed by atoms with Crippen molar-refractivity contribution in [2.75, 3.05) is 19.7 Å². The highest BCUT2D eigenvalue weighted by atomic mass is 79.9. The van der Waals surface area contributed by atoms with E-state index in [-0.39, 0.29) is 0 Å². The Hall–Kier alpha value is -1.06. The van der Waals surface area contributed by atoms with Crippen molar-refractivity contribution in [2.24, 2.45) is 0 Å². The lowest BCUT2D eigenvalue weighted by Crippen LogP contribution is -2.20. The summed E-state index contributed by atoms with van der Waals surface area (Å²) in [5.74, 6) is 0.928. The fourth-order valence-corrected chi connectivity index (χ4v) is 2.08. The first-order chi connectivity index (χ1) is 8.29. The van der Waals surface area contributed by atoms with Crippen molar-refractivity contribution in [1.82, 2.24) is 5.32 Å². The monoisotopic (exact) mass is 293 g/mol. The number of hydrogen-bond donors (Lipinski definition) is 1. The van der Waals surface area contributed by atoms with Crippen molar-refractivity contribution in [2.45, 2.75) is 6.92 Å². The largest absolute Gasteiger partial charge is 0.492 e. The Morgan fingerprint density at radius 1 is 1.12 bits per heavy atom. The topological polar surface area (TPSA) is 21.3 Å². The second kappa shape index (κ2) is 6.03. The molecule has 0 aliphatic rings. The Kier molecular flexibility index (Phi) is 4.40. The van der Waals surface area contributed by atoms with Gasteiger partial charge in [-0.3, -0.25) is 0 Å². The van der Waals surface area contributed by atoms with Gasteiger partial charge in [-0.15, -0.1) is 0 Å². The predicted octanol–water partition coefficient (Wildman–Crippen LogP) is 3.59. The van der Waals surface area contributed by atoms with Crippen LogP contribution < -0.4 is 10.1 Å². The highest BCUT2D eigenvalue weighted by Crippen LogP contribution is 2.23. The number of benzene rings is 2. The first-order valence-electron chi connectivity index (χ1n) is 5.82. The van der Waals surface area contributed by atoms with Gasteiger partial charge in [-0.2, -0.15) is 0 Å². The maximum absolute atomic E-state index is 5.67. The number of hydrogen-bond acceptors (Lipinski definition) is 2. The van der Waals surface area contributed by atoms with E-state index in [9.17, 15) is 0 Å². The number of rotatable bonds is 5. The Morgan fingerprint density at radius 3 is 2.71 bits per heavy atom. The van der Waals surface area contributed by atoms with E-state index in [0.717, 1.165) is 23.3 Å². The molecule has 0 fully saturated rings. The zero-order chi connectivity index (χ0) is 12.1. The molecule has 0 radical (unpaired) electrons.